The summed E-state index contributed by atoms with van der Waals surface area (Å²) in [6, 6.07) is 8.14. The average Bonchev–Trinajstić information content (AvgIpc) is 2.97. The van der Waals surface area contributed by atoms with Gasteiger partial charge in [-0.2, -0.15) is 10.1 Å². The predicted octanol–water partition coefficient (Wildman–Crippen LogP) is 2.94. The molecule has 3 aromatic rings. The Morgan fingerprint density at radius 2 is 1.95 bits per heavy atom. The Balaban J connectivity index is 2.14. The molecule has 0 aliphatic heterocycles. The Morgan fingerprint density at radius 1 is 1.16 bits per heavy atom. The number of aryl methyl sites for hydroxylation is 1. The molecule has 0 aliphatic rings. The van der Waals surface area contributed by atoms with Gasteiger partial charge in [-0.05, 0) is 37.7 Å². The van der Waals surface area contributed by atoms with Crippen molar-refractivity contribution in [3.05, 3.63) is 46.5 Å². The van der Waals surface area contributed by atoms with E-state index in [1.165, 1.54) is 5.56 Å². The minimum Gasteiger partial charge on any atom is -0.282 e. The van der Waals surface area contributed by atoms with Gasteiger partial charge in [-0.25, -0.2) is 4.68 Å². The van der Waals surface area contributed by atoms with Crippen LogP contribution < -0.4 is 0 Å². The third kappa shape index (κ3) is 2.00. The summed E-state index contributed by atoms with van der Waals surface area (Å²) >= 11 is 4.97. The summed E-state index contributed by atoms with van der Waals surface area (Å²) in [6.45, 7) is 4.08. The van der Waals surface area contributed by atoms with Gasteiger partial charge in [-0.15, -0.1) is 0 Å². The fraction of sp³-hybridized carbons (Fsp3) is 0.154. The third-order valence-electron chi connectivity index (χ3n) is 3.11. The monoisotopic (exact) mass is 271 g/mol. The van der Waals surface area contributed by atoms with Crippen LogP contribution in [0.25, 0.3) is 17.1 Å². The highest BCUT2D eigenvalue weighted by Crippen LogP contribution is 2.22. The SMILES string of the molecule is Cc1ccccc1-n1ncc(-c2nc(=S)[nH][nH]2)c1C. The van der Waals surface area contributed by atoms with E-state index in [0.717, 1.165) is 16.9 Å². The second-order valence-corrected chi connectivity index (χ2v) is 4.74. The van der Waals surface area contributed by atoms with Crippen molar-refractivity contribution in [2.24, 2.45) is 0 Å². The summed E-state index contributed by atoms with van der Waals surface area (Å²) in [6.07, 6.45) is 1.79. The number of nitrogens with one attached hydrogen (secondary N) is 2. The molecular formula is C13H13N5S. The van der Waals surface area contributed by atoms with Crippen molar-refractivity contribution in [2.75, 3.05) is 0 Å². The van der Waals surface area contributed by atoms with E-state index in [2.05, 4.69) is 33.3 Å². The fourth-order valence-electron chi connectivity index (χ4n) is 2.08. The second kappa shape index (κ2) is 4.47. The molecule has 0 aliphatic carbocycles. The first kappa shape index (κ1) is 11.9. The summed E-state index contributed by atoms with van der Waals surface area (Å²) in [5.74, 6) is 0.710. The number of benzene rings is 1. The Bertz CT molecular complexity index is 780. The van der Waals surface area contributed by atoms with Crippen LogP contribution in [-0.4, -0.2) is 25.0 Å². The highest BCUT2D eigenvalue weighted by atomic mass is 32.1. The molecule has 1 aromatic carbocycles. The molecule has 0 unspecified atom stereocenters. The van der Waals surface area contributed by atoms with Crippen LogP contribution in [0.1, 0.15) is 11.3 Å². The van der Waals surface area contributed by atoms with Crippen LogP contribution in [0.4, 0.5) is 0 Å². The van der Waals surface area contributed by atoms with Gasteiger partial charge in [0.05, 0.1) is 23.1 Å². The molecule has 0 amide bonds. The average molecular weight is 271 g/mol. The maximum Gasteiger partial charge on any atom is 0.213 e. The topological polar surface area (TPSA) is 62.3 Å². The highest BCUT2D eigenvalue weighted by Gasteiger charge is 2.13. The van der Waals surface area contributed by atoms with E-state index in [1.54, 1.807) is 6.20 Å². The van der Waals surface area contributed by atoms with Gasteiger partial charge in [0, 0.05) is 0 Å². The standard InChI is InChI=1S/C13H13N5S/c1-8-5-3-4-6-11(8)18-9(2)10(7-14-18)12-15-13(19)17-16-12/h3-7H,1-2H3,(H2,15,16,17,19). The molecule has 0 atom stereocenters. The molecule has 3 rings (SSSR count). The van der Waals surface area contributed by atoms with Gasteiger partial charge in [0.1, 0.15) is 0 Å². The van der Waals surface area contributed by atoms with E-state index in [-0.39, 0.29) is 0 Å². The molecule has 0 fully saturated rings. The molecular weight excluding hydrogens is 258 g/mol. The van der Waals surface area contributed by atoms with Crippen LogP contribution in [0.5, 0.6) is 0 Å². The summed E-state index contributed by atoms with van der Waals surface area (Å²) < 4.78 is 2.36. The lowest BCUT2D eigenvalue weighted by Crippen LogP contribution is -2.01. The zero-order valence-electron chi connectivity index (χ0n) is 10.6. The van der Waals surface area contributed by atoms with Crippen LogP contribution in [0.3, 0.4) is 0 Å². The van der Waals surface area contributed by atoms with E-state index in [9.17, 15) is 0 Å². The van der Waals surface area contributed by atoms with Gasteiger partial charge in [-0.1, -0.05) is 18.2 Å². The van der Waals surface area contributed by atoms with E-state index in [0.29, 0.717) is 10.6 Å². The number of aromatic amines is 2. The van der Waals surface area contributed by atoms with Crippen molar-refractivity contribution in [1.29, 1.82) is 0 Å². The summed E-state index contributed by atoms with van der Waals surface area (Å²) in [5.41, 5.74) is 4.21. The lowest BCUT2D eigenvalue weighted by atomic mass is 10.2. The first-order valence-electron chi connectivity index (χ1n) is 5.92. The molecule has 0 spiro atoms. The summed E-state index contributed by atoms with van der Waals surface area (Å²) in [5, 5.41) is 10.2. The molecule has 19 heavy (non-hydrogen) atoms. The van der Waals surface area contributed by atoms with Crippen molar-refractivity contribution in [2.45, 2.75) is 13.8 Å². The van der Waals surface area contributed by atoms with Gasteiger partial charge in [0.2, 0.25) is 4.77 Å². The van der Waals surface area contributed by atoms with Crippen molar-refractivity contribution < 1.29 is 0 Å². The summed E-state index contributed by atoms with van der Waals surface area (Å²) in [4.78, 5) is 4.22. The summed E-state index contributed by atoms with van der Waals surface area (Å²) in [7, 11) is 0. The van der Waals surface area contributed by atoms with Crippen LogP contribution in [0, 0.1) is 18.6 Å². The van der Waals surface area contributed by atoms with Crippen molar-refractivity contribution in [1.82, 2.24) is 25.0 Å². The lowest BCUT2D eigenvalue weighted by Gasteiger charge is -2.07. The second-order valence-electron chi connectivity index (χ2n) is 4.36. The number of aromatic nitrogens is 5. The predicted molar refractivity (Wildman–Crippen MR) is 75.8 cm³/mol. The molecule has 96 valence electrons. The maximum atomic E-state index is 4.97. The number of hydrogen-bond donors (Lipinski definition) is 2. The van der Waals surface area contributed by atoms with Crippen molar-refractivity contribution in [3.63, 3.8) is 0 Å². The minimum atomic E-state index is 0.443. The Kier molecular flexibility index (Phi) is 2.79. The van der Waals surface area contributed by atoms with E-state index in [1.807, 2.05) is 29.8 Å². The smallest absolute Gasteiger partial charge is 0.213 e. The number of nitrogens with zero attached hydrogens (tertiary/aromatic N) is 3. The van der Waals surface area contributed by atoms with E-state index < -0.39 is 0 Å². The van der Waals surface area contributed by atoms with Crippen molar-refractivity contribution >= 4 is 12.2 Å². The van der Waals surface area contributed by atoms with Gasteiger partial charge >= 0.3 is 0 Å². The molecule has 0 bridgehead atoms. The van der Waals surface area contributed by atoms with Crippen LogP contribution in [0.2, 0.25) is 0 Å². The largest absolute Gasteiger partial charge is 0.282 e. The number of hydrogen-bond acceptors (Lipinski definition) is 3. The minimum absolute atomic E-state index is 0.443. The number of para-hydroxylation sites is 1. The molecule has 6 heteroatoms. The maximum absolute atomic E-state index is 4.97. The lowest BCUT2D eigenvalue weighted by molar-refractivity contribution is 0.840. The van der Waals surface area contributed by atoms with Crippen molar-refractivity contribution in [3.8, 4) is 17.1 Å². The Hall–Kier alpha value is -2.21. The van der Waals surface area contributed by atoms with Gasteiger partial charge in [-0.3, -0.25) is 10.2 Å². The Morgan fingerprint density at radius 3 is 2.63 bits per heavy atom. The number of H-pyrrole nitrogens is 2. The number of rotatable bonds is 2. The zero-order valence-corrected chi connectivity index (χ0v) is 11.5. The van der Waals surface area contributed by atoms with E-state index in [4.69, 9.17) is 12.2 Å². The molecule has 2 N–H and O–H groups in total. The molecule has 2 aromatic heterocycles. The Labute approximate surface area is 115 Å². The fourth-order valence-corrected chi connectivity index (χ4v) is 2.23. The quantitative estimate of drug-likeness (QED) is 0.704. The molecule has 5 nitrogen and oxygen atoms in total. The molecule has 0 saturated carbocycles. The zero-order chi connectivity index (χ0) is 13.4. The van der Waals surface area contributed by atoms with Gasteiger partial charge < -0.3 is 0 Å². The first-order chi connectivity index (χ1) is 9.16. The third-order valence-corrected chi connectivity index (χ3v) is 3.30. The van der Waals surface area contributed by atoms with Crippen LogP contribution >= 0.6 is 12.2 Å². The highest BCUT2D eigenvalue weighted by molar-refractivity contribution is 7.71. The van der Waals surface area contributed by atoms with Gasteiger partial charge in [0.15, 0.2) is 5.82 Å². The van der Waals surface area contributed by atoms with Gasteiger partial charge in [0.25, 0.3) is 0 Å². The van der Waals surface area contributed by atoms with Crippen LogP contribution in [0.15, 0.2) is 30.5 Å². The normalized spacial score (nSPS) is 10.8. The first-order valence-corrected chi connectivity index (χ1v) is 6.33. The molecule has 0 radical (unpaired) electrons. The van der Waals surface area contributed by atoms with E-state index >= 15 is 0 Å². The van der Waals surface area contributed by atoms with Crippen LogP contribution in [-0.2, 0) is 0 Å². The molecule has 2 heterocycles. The molecule has 0 saturated heterocycles.